The molecule has 0 spiro atoms. The molecular weight excluding hydrogens is 540 g/mol. The summed E-state index contributed by atoms with van der Waals surface area (Å²) in [5.74, 6) is -1.23. The topological polar surface area (TPSA) is 94.3 Å². The lowest BCUT2D eigenvalue weighted by Gasteiger charge is -2.31. The molecule has 0 saturated heterocycles. The Bertz CT molecular complexity index is 1480. The summed E-state index contributed by atoms with van der Waals surface area (Å²) in [4.78, 5) is 32.4. The van der Waals surface area contributed by atoms with Crippen LogP contribution in [0.1, 0.15) is 51.3 Å². The number of carbonyl (C=O) groups excluding carboxylic acids is 1. The molecule has 0 fully saturated rings. The maximum absolute atomic E-state index is 14.4. The van der Waals surface area contributed by atoms with Gasteiger partial charge in [0.2, 0.25) is 5.95 Å². The summed E-state index contributed by atoms with van der Waals surface area (Å²) in [7, 11) is 3.25. The number of fused-ring (bicyclic) bond motifs is 1. The molecule has 1 aromatic heterocycles. The van der Waals surface area contributed by atoms with E-state index >= 15 is 0 Å². The number of alkyl halides is 3. The average Bonchev–Trinajstić information content (AvgIpc) is 2.87. The minimum Gasteiger partial charge on any atom is -0.348 e. The van der Waals surface area contributed by atoms with Crippen molar-refractivity contribution in [2.45, 2.75) is 32.1 Å². The summed E-state index contributed by atoms with van der Waals surface area (Å²) in [6, 6.07) is 9.64. The van der Waals surface area contributed by atoms with E-state index in [1.165, 1.54) is 38.9 Å². The van der Waals surface area contributed by atoms with Gasteiger partial charge in [-0.1, -0.05) is 12.1 Å². The van der Waals surface area contributed by atoms with Gasteiger partial charge in [-0.25, -0.2) is 9.37 Å². The first-order valence-electron chi connectivity index (χ1n) is 11.7. The molecule has 1 aliphatic rings. The Labute approximate surface area is 227 Å². The zero-order valence-corrected chi connectivity index (χ0v) is 22.0. The molecule has 4 rings (SSSR count). The molecule has 8 nitrogen and oxygen atoms in total. The molecule has 2 aromatic carbocycles. The third-order valence-corrected chi connectivity index (χ3v) is 6.31. The molecule has 0 radical (unpaired) electrons. The van der Waals surface area contributed by atoms with Crippen molar-refractivity contribution < 1.29 is 22.4 Å². The lowest BCUT2D eigenvalue weighted by molar-refractivity contribution is -0.137. The number of nitrogens with zero attached hydrogens (tertiary/aromatic N) is 5. The van der Waals surface area contributed by atoms with Crippen LogP contribution in [-0.4, -0.2) is 41.1 Å². The fraction of sp³-hybridized carbons (Fsp3) is 0.308. The number of hydrogen-bond acceptors (Lipinski definition) is 6. The van der Waals surface area contributed by atoms with Crippen LogP contribution in [0.4, 0.5) is 23.5 Å². The molecule has 1 amide bonds. The summed E-state index contributed by atoms with van der Waals surface area (Å²) in [6.07, 6.45) is -4.20. The standard InChI is InChI=1S/C26H24F4N6O2.ClH/c1-15(17-5-7-18(8-6-17)26(28,29)30)32-25-33-22-10-11-35(14-20(22)24(38)36(25)34(2)3)23(37)19-9-4-16(13-31)12-21(19)27;/h4-9,12,15H,10-11,14H2,1-3H3,(H,32,33);1H/t15-;/m0./s1. The number of rotatable bonds is 5. The minimum atomic E-state index is -4.44. The first-order chi connectivity index (χ1) is 17.9. The summed E-state index contributed by atoms with van der Waals surface area (Å²) in [6.45, 7) is 1.85. The average molecular weight is 565 g/mol. The van der Waals surface area contributed by atoms with Gasteiger partial charge in [0, 0.05) is 27.1 Å². The number of nitrogens with one attached hydrogen (secondary N) is 1. The third-order valence-electron chi connectivity index (χ3n) is 6.31. The number of amides is 1. The van der Waals surface area contributed by atoms with E-state index in [1.54, 1.807) is 21.0 Å². The second kappa shape index (κ2) is 11.3. The summed E-state index contributed by atoms with van der Waals surface area (Å²) < 4.78 is 54.5. The van der Waals surface area contributed by atoms with Crippen molar-refractivity contribution in [2.24, 2.45) is 0 Å². The van der Waals surface area contributed by atoms with E-state index in [2.05, 4.69) is 10.3 Å². The molecule has 0 bridgehead atoms. The normalized spacial score (nSPS) is 13.5. The van der Waals surface area contributed by atoms with E-state index in [4.69, 9.17) is 5.26 Å². The minimum absolute atomic E-state index is 0. The van der Waals surface area contributed by atoms with Gasteiger partial charge < -0.3 is 15.2 Å². The largest absolute Gasteiger partial charge is 0.416 e. The number of hydrogen-bond donors (Lipinski definition) is 1. The lowest BCUT2D eigenvalue weighted by atomic mass is 10.0. The van der Waals surface area contributed by atoms with Gasteiger partial charge in [0.15, 0.2) is 0 Å². The molecule has 206 valence electrons. The first-order valence-corrected chi connectivity index (χ1v) is 11.7. The maximum atomic E-state index is 14.4. The number of aromatic nitrogens is 2. The maximum Gasteiger partial charge on any atom is 0.416 e. The van der Waals surface area contributed by atoms with Crippen LogP contribution in [0.3, 0.4) is 0 Å². The molecule has 0 saturated carbocycles. The number of anilines is 1. The Hall–Kier alpha value is -4.11. The van der Waals surface area contributed by atoms with Crippen LogP contribution in [0.25, 0.3) is 0 Å². The first kappa shape index (κ1) is 29.4. The Kier molecular flexibility index (Phi) is 8.55. The van der Waals surface area contributed by atoms with Gasteiger partial charge in [0.1, 0.15) is 5.82 Å². The van der Waals surface area contributed by atoms with Crippen molar-refractivity contribution in [1.29, 1.82) is 5.26 Å². The van der Waals surface area contributed by atoms with Crippen molar-refractivity contribution in [2.75, 3.05) is 31.0 Å². The summed E-state index contributed by atoms with van der Waals surface area (Å²) in [5, 5.41) is 13.5. The highest BCUT2D eigenvalue weighted by Crippen LogP contribution is 2.30. The Morgan fingerprint density at radius 1 is 1.18 bits per heavy atom. The van der Waals surface area contributed by atoms with Crippen LogP contribution in [-0.2, 0) is 19.1 Å². The monoisotopic (exact) mass is 564 g/mol. The van der Waals surface area contributed by atoms with Crippen LogP contribution >= 0.6 is 12.4 Å². The van der Waals surface area contributed by atoms with Crippen LogP contribution in [0.5, 0.6) is 0 Å². The van der Waals surface area contributed by atoms with Crippen molar-refractivity contribution in [3.05, 3.63) is 92.1 Å². The van der Waals surface area contributed by atoms with Gasteiger partial charge in [0.05, 0.1) is 46.6 Å². The van der Waals surface area contributed by atoms with Gasteiger partial charge in [-0.05, 0) is 42.8 Å². The molecule has 13 heteroatoms. The molecule has 0 aliphatic carbocycles. The second-order valence-electron chi connectivity index (χ2n) is 9.09. The summed E-state index contributed by atoms with van der Waals surface area (Å²) in [5.41, 5.74) is 0.0188. The van der Waals surface area contributed by atoms with Crippen LogP contribution in [0.15, 0.2) is 47.3 Å². The quantitative estimate of drug-likeness (QED) is 0.465. The van der Waals surface area contributed by atoms with Crippen LogP contribution in [0.2, 0.25) is 0 Å². The molecule has 2 heterocycles. The molecule has 3 aromatic rings. The van der Waals surface area contributed by atoms with Crippen LogP contribution < -0.4 is 15.9 Å². The highest BCUT2D eigenvalue weighted by molar-refractivity contribution is 5.94. The fourth-order valence-electron chi connectivity index (χ4n) is 4.27. The van der Waals surface area contributed by atoms with E-state index < -0.39 is 35.1 Å². The molecule has 1 N–H and O–H groups in total. The zero-order chi connectivity index (χ0) is 27.8. The van der Waals surface area contributed by atoms with Gasteiger partial charge in [-0.2, -0.15) is 23.1 Å². The van der Waals surface area contributed by atoms with E-state index in [9.17, 15) is 27.2 Å². The van der Waals surface area contributed by atoms with Gasteiger partial charge >= 0.3 is 6.18 Å². The number of nitriles is 1. The van der Waals surface area contributed by atoms with Gasteiger partial charge in [0.25, 0.3) is 11.5 Å². The predicted molar refractivity (Wildman–Crippen MR) is 139 cm³/mol. The van der Waals surface area contributed by atoms with Crippen molar-refractivity contribution in [3.8, 4) is 6.07 Å². The van der Waals surface area contributed by atoms with Crippen LogP contribution in [0, 0.1) is 17.1 Å². The molecule has 0 unspecified atom stereocenters. The SMILES string of the molecule is C[C@H](Nc1nc2c(c(=O)n1N(C)C)CN(C(=O)c1ccc(C#N)cc1F)CC2)c1ccc(C(F)(F)F)cc1.Cl. The van der Waals surface area contributed by atoms with Crippen molar-refractivity contribution in [1.82, 2.24) is 14.6 Å². The van der Waals surface area contributed by atoms with E-state index in [1.807, 2.05) is 6.07 Å². The van der Waals surface area contributed by atoms with Gasteiger partial charge in [-0.15, -0.1) is 12.4 Å². The van der Waals surface area contributed by atoms with Crippen molar-refractivity contribution in [3.63, 3.8) is 0 Å². The van der Waals surface area contributed by atoms with E-state index in [0.29, 0.717) is 11.3 Å². The second-order valence-corrected chi connectivity index (χ2v) is 9.09. The van der Waals surface area contributed by atoms with E-state index in [-0.39, 0.29) is 54.6 Å². The molecule has 1 atom stereocenters. The molecule has 1 aliphatic heterocycles. The number of halogens is 5. The molecule has 39 heavy (non-hydrogen) atoms. The third kappa shape index (κ3) is 5.98. The lowest BCUT2D eigenvalue weighted by Crippen LogP contribution is -2.45. The van der Waals surface area contributed by atoms with Gasteiger partial charge in [-0.3, -0.25) is 9.59 Å². The van der Waals surface area contributed by atoms with E-state index in [0.717, 1.165) is 18.2 Å². The number of benzene rings is 2. The Morgan fingerprint density at radius 2 is 1.85 bits per heavy atom. The highest BCUT2D eigenvalue weighted by Gasteiger charge is 2.31. The molecular formula is C26H25ClF4N6O2. The predicted octanol–water partition coefficient (Wildman–Crippen LogP) is 4.26. The smallest absolute Gasteiger partial charge is 0.348 e. The Morgan fingerprint density at radius 3 is 2.41 bits per heavy atom. The highest BCUT2D eigenvalue weighted by atomic mass is 35.5. The zero-order valence-electron chi connectivity index (χ0n) is 21.2. The summed E-state index contributed by atoms with van der Waals surface area (Å²) >= 11 is 0. The number of carbonyl (C=O) groups is 1. The van der Waals surface area contributed by atoms with Crippen molar-refractivity contribution >= 4 is 24.3 Å². The fourth-order valence-corrected chi connectivity index (χ4v) is 4.27. The Balaban J connectivity index is 0.00000420.